The van der Waals surface area contributed by atoms with E-state index < -0.39 is 23.2 Å². The largest absolute Gasteiger partial charge is 0.477 e. The highest BCUT2D eigenvalue weighted by atomic mass is 32.2. The van der Waals surface area contributed by atoms with Gasteiger partial charge in [-0.05, 0) is 21.2 Å². The fourth-order valence-corrected chi connectivity index (χ4v) is 5.42. The van der Waals surface area contributed by atoms with Gasteiger partial charge in [-0.25, -0.2) is 9.48 Å². The van der Waals surface area contributed by atoms with Crippen molar-refractivity contribution in [1.82, 2.24) is 45.7 Å². The Morgan fingerprint density at radius 3 is 2.96 bits per heavy atom. The summed E-state index contributed by atoms with van der Waals surface area (Å²) in [6, 6.07) is -0.683. The minimum absolute atomic E-state index is 0.0402. The van der Waals surface area contributed by atoms with Crippen LogP contribution in [-0.4, -0.2) is 85.1 Å². The van der Waals surface area contributed by atoms with Crippen molar-refractivity contribution in [3.05, 3.63) is 17.1 Å². The third-order valence-electron chi connectivity index (χ3n) is 4.28. The molecule has 0 spiro atoms. The molecule has 1 fully saturated rings. The van der Waals surface area contributed by atoms with Gasteiger partial charge >= 0.3 is 5.97 Å². The third-order valence-corrected chi connectivity index (χ3v) is 6.72. The minimum Gasteiger partial charge on any atom is -0.477 e. The number of hydrogen-bond acceptors (Lipinski definition) is 11. The number of carbonyl (C=O) groups excluding carboxylic acids is 1. The van der Waals surface area contributed by atoms with Gasteiger partial charge in [0, 0.05) is 24.5 Å². The Kier molecular flexibility index (Phi) is 4.56. The molecule has 4 heterocycles. The van der Waals surface area contributed by atoms with Crippen molar-refractivity contribution in [2.45, 2.75) is 28.2 Å². The van der Waals surface area contributed by atoms with Crippen LogP contribution in [0.4, 0.5) is 0 Å². The van der Waals surface area contributed by atoms with Crippen molar-refractivity contribution >= 4 is 35.4 Å². The van der Waals surface area contributed by atoms with Gasteiger partial charge in [-0.1, -0.05) is 11.8 Å². The maximum absolute atomic E-state index is 12.2. The summed E-state index contributed by atoms with van der Waals surface area (Å²) >= 11 is 2.67. The van der Waals surface area contributed by atoms with Crippen LogP contribution >= 0.6 is 23.5 Å². The summed E-state index contributed by atoms with van der Waals surface area (Å²) in [6.07, 6.45) is 0.328. The molecule has 13 nitrogen and oxygen atoms in total. The highest BCUT2D eigenvalue weighted by Crippen LogP contribution is 2.43. The molecule has 1 amide bonds. The summed E-state index contributed by atoms with van der Waals surface area (Å²) in [5, 5.41) is 34.5. The number of nitrogens with two attached hydrogens (primary N) is 1. The number of hydrogen-bond donors (Lipinski definition) is 3. The number of aromatic nitrogens is 8. The van der Waals surface area contributed by atoms with Crippen LogP contribution < -0.4 is 5.73 Å². The number of aryl methyl sites for hydroxylation is 1. The molecule has 2 aliphatic heterocycles. The maximum Gasteiger partial charge on any atom is 0.352 e. The summed E-state index contributed by atoms with van der Waals surface area (Å²) in [5.41, 5.74) is 6.34. The van der Waals surface area contributed by atoms with E-state index in [1.54, 1.807) is 7.05 Å². The van der Waals surface area contributed by atoms with Gasteiger partial charge in [-0.15, -0.1) is 27.1 Å². The predicted octanol–water partition coefficient (Wildman–Crippen LogP) is -1.99. The number of nitrogens with zero attached hydrogens (tertiary/aromatic N) is 8. The molecule has 2 unspecified atom stereocenters. The second-order valence-electron chi connectivity index (χ2n) is 5.84. The summed E-state index contributed by atoms with van der Waals surface area (Å²) in [6.45, 7) is 0. The number of carboxylic acid groups (broad SMARTS) is 1. The lowest BCUT2D eigenvalue weighted by Crippen LogP contribution is -2.68. The average Bonchev–Trinajstić information content (AvgIpc) is 3.31. The van der Waals surface area contributed by atoms with E-state index in [0.29, 0.717) is 28.7 Å². The van der Waals surface area contributed by atoms with Gasteiger partial charge in [-0.2, -0.15) is 5.21 Å². The molecule has 0 radical (unpaired) electrons. The number of fused-ring (bicyclic) bond motifs is 1. The number of aliphatic carboxylic acids is 1. The zero-order valence-electron chi connectivity index (χ0n) is 13.9. The number of aromatic amines is 1. The number of nitrogens with one attached hydrogen (secondary N) is 1. The van der Waals surface area contributed by atoms with Crippen LogP contribution in [0.5, 0.6) is 0 Å². The summed E-state index contributed by atoms with van der Waals surface area (Å²) in [4.78, 5) is 25.4. The van der Waals surface area contributed by atoms with Crippen molar-refractivity contribution < 1.29 is 14.7 Å². The van der Waals surface area contributed by atoms with Crippen molar-refractivity contribution in [2.24, 2.45) is 12.8 Å². The Morgan fingerprint density at radius 2 is 2.33 bits per heavy atom. The number of H-pyrrole nitrogens is 1. The average molecular weight is 410 g/mol. The lowest BCUT2D eigenvalue weighted by atomic mass is 10.0. The Balaban J connectivity index is 1.73. The highest BCUT2D eigenvalue weighted by Gasteiger charge is 2.52. The number of thioether (sulfide) groups is 2. The third kappa shape index (κ3) is 3.06. The van der Waals surface area contributed by atoms with Crippen LogP contribution in [0.15, 0.2) is 16.4 Å². The molecule has 1 saturated heterocycles. The summed E-state index contributed by atoms with van der Waals surface area (Å²) < 4.78 is 1.51. The lowest BCUT2D eigenvalue weighted by Gasteiger charge is -2.48. The number of β-lactam (4-membered cyclic amide) rings is 1. The Hall–Kier alpha value is -2.52. The first kappa shape index (κ1) is 17.9. The molecule has 27 heavy (non-hydrogen) atoms. The highest BCUT2D eigenvalue weighted by molar-refractivity contribution is 8.01. The first-order chi connectivity index (χ1) is 13.0. The van der Waals surface area contributed by atoms with Gasteiger partial charge in [0.05, 0.1) is 0 Å². The van der Waals surface area contributed by atoms with E-state index in [1.165, 1.54) is 33.1 Å². The van der Waals surface area contributed by atoms with Gasteiger partial charge in [0.1, 0.15) is 17.1 Å². The van der Waals surface area contributed by atoms with Gasteiger partial charge < -0.3 is 10.8 Å². The van der Waals surface area contributed by atoms with Crippen molar-refractivity contribution in [2.75, 3.05) is 5.75 Å². The standard InChI is InChI=1S/C12H14N10O3S2/c1-21-6(14-19-20-21)2-5(27-12-15-17-18-16-12)4-3-26-10-7(13)9(23)22(10)8(4)11(24)25/h5,7,10H,2-3,13H2,1H3,(H,24,25)(H,15,16,17,18)/t5?,7?,10-/m1/s1. The van der Waals surface area contributed by atoms with E-state index in [0.717, 1.165) is 0 Å². The van der Waals surface area contributed by atoms with Crippen molar-refractivity contribution in [3.8, 4) is 0 Å². The minimum atomic E-state index is -1.18. The van der Waals surface area contributed by atoms with Crippen LogP contribution in [0.2, 0.25) is 0 Å². The van der Waals surface area contributed by atoms with Gasteiger partial charge in [0.25, 0.3) is 0 Å². The Labute approximate surface area is 160 Å². The number of carboxylic acids is 1. The fraction of sp³-hybridized carbons (Fsp3) is 0.500. The first-order valence-electron chi connectivity index (χ1n) is 7.75. The number of tetrazole rings is 2. The molecule has 142 valence electrons. The Morgan fingerprint density at radius 1 is 1.52 bits per heavy atom. The predicted molar refractivity (Wildman–Crippen MR) is 92.1 cm³/mol. The second-order valence-corrected chi connectivity index (χ2v) is 8.11. The van der Waals surface area contributed by atoms with E-state index in [4.69, 9.17) is 5.73 Å². The van der Waals surface area contributed by atoms with Crippen LogP contribution in [-0.2, 0) is 23.1 Å². The maximum atomic E-state index is 12.2. The molecule has 4 rings (SSSR count). The molecule has 15 heteroatoms. The number of amides is 1. The molecule has 4 N–H and O–H groups in total. The van der Waals surface area contributed by atoms with E-state index in [9.17, 15) is 14.7 Å². The molecule has 2 aromatic heterocycles. The SMILES string of the molecule is Cn1nnnc1CC(Sc1nn[nH]n1)C1=C(C(=O)O)N2C(=O)C(N)[C@H]2SC1. The molecule has 0 aliphatic carbocycles. The van der Waals surface area contributed by atoms with Crippen LogP contribution in [0.25, 0.3) is 0 Å². The van der Waals surface area contributed by atoms with E-state index in [-0.39, 0.29) is 11.1 Å². The smallest absolute Gasteiger partial charge is 0.352 e. The molecular formula is C12H14N10O3S2. The summed E-state index contributed by atoms with van der Waals surface area (Å²) in [5.74, 6) is -0.604. The zero-order chi connectivity index (χ0) is 19.1. The van der Waals surface area contributed by atoms with Gasteiger partial charge in [-0.3, -0.25) is 9.69 Å². The molecule has 0 bridgehead atoms. The quantitative estimate of drug-likeness (QED) is 0.352. The van der Waals surface area contributed by atoms with Gasteiger partial charge in [0.15, 0.2) is 5.82 Å². The zero-order valence-corrected chi connectivity index (χ0v) is 15.5. The first-order valence-corrected chi connectivity index (χ1v) is 9.68. The van der Waals surface area contributed by atoms with E-state index in [1.807, 2.05) is 0 Å². The van der Waals surface area contributed by atoms with Crippen LogP contribution in [0.1, 0.15) is 5.82 Å². The van der Waals surface area contributed by atoms with Crippen LogP contribution in [0, 0.1) is 0 Å². The van der Waals surface area contributed by atoms with Crippen molar-refractivity contribution in [3.63, 3.8) is 0 Å². The molecule has 2 aliphatic rings. The second kappa shape index (κ2) is 6.90. The lowest BCUT2D eigenvalue weighted by molar-refractivity contribution is -0.148. The topological polar surface area (TPSA) is 182 Å². The Bertz CT molecular complexity index is 912. The number of carbonyl (C=O) groups is 2. The molecule has 0 aromatic carbocycles. The van der Waals surface area contributed by atoms with Crippen LogP contribution in [0.3, 0.4) is 0 Å². The molecular weight excluding hydrogens is 396 g/mol. The van der Waals surface area contributed by atoms with Gasteiger partial charge in [0.2, 0.25) is 11.1 Å². The van der Waals surface area contributed by atoms with Crippen molar-refractivity contribution in [1.29, 1.82) is 0 Å². The normalized spacial score (nSPS) is 23.2. The van der Waals surface area contributed by atoms with E-state index in [2.05, 4.69) is 36.1 Å². The molecule has 2 aromatic rings. The fourth-order valence-electron chi connectivity index (χ4n) is 2.94. The monoisotopic (exact) mass is 410 g/mol. The molecule has 3 atom stereocenters. The molecule has 0 saturated carbocycles. The van der Waals surface area contributed by atoms with E-state index >= 15 is 0 Å². The summed E-state index contributed by atoms with van der Waals surface area (Å²) in [7, 11) is 1.70. The number of rotatable bonds is 6.